The Balaban J connectivity index is 2.26. The molecule has 2 aromatic rings. The first-order valence-electron chi connectivity index (χ1n) is 5.13. The SMILES string of the molecule is N=C(N)c1ccc(Nc2ccccc2)c(F)c1. The molecule has 0 aliphatic carbocycles. The summed E-state index contributed by atoms with van der Waals surface area (Å²) in [4.78, 5) is 0. The van der Waals surface area contributed by atoms with Crippen LogP contribution >= 0.6 is 0 Å². The molecule has 4 N–H and O–H groups in total. The van der Waals surface area contributed by atoms with E-state index in [0.29, 0.717) is 11.3 Å². The van der Waals surface area contributed by atoms with Crippen LogP contribution in [0.1, 0.15) is 5.56 Å². The first-order valence-corrected chi connectivity index (χ1v) is 5.13. The summed E-state index contributed by atoms with van der Waals surface area (Å²) in [5, 5.41) is 10.2. The van der Waals surface area contributed by atoms with Gasteiger partial charge in [0.15, 0.2) is 0 Å². The van der Waals surface area contributed by atoms with E-state index in [2.05, 4.69) is 5.32 Å². The van der Waals surface area contributed by atoms with Gasteiger partial charge in [-0.1, -0.05) is 18.2 Å². The quantitative estimate of drug-likeness (QED) is 0.559. The first kappa shape index (κ1) is 11.1. The van der Waals surface area contributed by atoms with E-state index in [9.17, 15) is 4.39 Å². The maximum Gasteiger partial charge on any atom is 0.147 e. The number of nitrogens with one attached hydrogen (secondary N) is 2. The molecule has 0 heterocycles. The van der Waals surface area contributed by atoms with Gasteiger partial charge in [-0.2, -0.15) is 0 Å². The van der Waals surface area contributed by atoms with Crippen molar-refractivity contribution in [2.75, 3.05) is 5.32 Å². The van der Waals surface area contributed by atoms with Gasteiger partial charge in [-0.25, -0.2) is 4.39 Å². The molecule has 4 heteroatoms. The van der Waals surface area contributed by atoms with Crippen LogP contribution < -0.4 is 11.1 Å². The maximum atomic E-state index is 13.7. The van der Waals surface area contributed by atoms with Crippen LogP contribution in [0, 0.1) is 11.2 Å². The molecule has 0 bridgehead atoms. The van der Waals surface area contributed by atoms with Crippen molar-refractivity contribution in [2.45, 2.75) is 0 Å². The van der Waals surface area contributed by atoms with Crippen molar-refractivity contribution in [2.24, 2.45) is 5.73 Å². The second kappa shape index (κ2) is 4.65. The molecule has 0 aromatic heterocycles. The largest absolute Gasteiger partial charge is 0.384 e. The molecule has 3 nitrogen and oxygen atoms in total. The predicted octanol–water partition coefficient (Wildman–Crippen LogP) is 2.85. The van der Waals surface area contributed by atoms with Crippen LogP contribution in [-0.4, -0.2) is 5.84 Å². The summed E-state index contributed by atoms with van der Waals surface area (Å²) in [5.74, 6) is -0.572. The van der Waals surface area contributed by atoms with E-state index < -0.39 is 5.82 Å². The van der Waals surface area contributed by atoms with Gasteiger partial charge in [0.05, 0.1) is 5.69 Å². The lowest BCUT2D eigenvalue weighted by molar-refractivity contribution is 0.631. The van der Waals surface area contributed by atoms with Gasteiger partial charge >= 0.3 is 0 Å². The number of nitrogen functional groups attached to an aromatic ring is 1. The summed E-state index contributed by atoms with van der Waals surface area (Å²) in [7, 11) is 0. The van der Waals surface area contributed by atoms with Gasteiger partial charge in [-0.05, 0) is 30.3 Å². The molecule has 0 aliphatic heterocycles. The highest BCUT2D eigenvalue weighted by molar-refractivity contribution is 5.95. The number of para-hydroxylation sites is 1. The number of hydrogen-bond donors (Lipinski definition) is 3. The zero-order chi connectivity index (χ0) is 12.3. The second-order valence-electron chi connectivity index (χ2n) is 3.60. The standard InChI is InChI=1S/C13H12FN3/c14-11-8-9(13(15)16)6-7-12(11)17-10-4-2-1-3-5-10/h1-8,17H,(H3,15,16). The molecular weight excluding hydrogens is 217 g/mol. The number of benzene rings is 2. The average molecular weight is 229 g/mol. The lowest BCUT2D eigenvalue weighted by Gasteiger charge is -2.08. The van der Waals surface area contributed by atoms with Crippen LogP contribution in [0.4, 0.5) is 15.8 Å². The summed E-state index contributed by atoms with van der Waals surface area (Å²) in [6, 6.07) is 13.7. The van der Waals surface area contributed by atoms with E-state index in [1.165, 1.54) is 6.07 Å². The molecule has 86 valence electrons. The van der Waals surface area contributed by atoms with Crippen LogP contribution in [0.15, 0.2) is 48.5 Å². The fraction of sp³-hybridized carbons (Fsp3) is 0. The molecule has 2 aromatic carbocycles. The Kier molecular flexibility index (Phi) is 3.05. The molecule has 0 saturated heterocycles. The summed E-state index contributed by atoms with van der Waals surface area (Å²) in [5.41, 5.74) is 6.83. The van der Waals surface area contributed by atoms with Crippen LogP contribution in [0.5, 0.6) is 0 Å². The number of nitrogens with two attached hydrogens (primary N) is 1. The lowest BCUT2D eigenvalue weighted by Crippen LogP contribution is -2.11. The molecule has 0 saturated carbocycles. The lowest BCUT2D eigenvalue weighted by atomic mass is 10.1. The molecule has 0 atom stereocenters. The maximum absolute atomic E-state index is 13.7. The van der Waals surface area contributed by atoms with Crippen molar-refractivity contribution in [1.29, 1.82) is 5.41 Å². The molecule has 2 rings (SSSR count). The minimum Gasteiger partial charge on any atom is -0.384 e. The molecule has 17 heavy (non-hydrogen) atoms. The number of halogens is 1. The molecule has 0 unspecified atom stereocenters. The van der Waals surface area contributed by atoms with Crippen LogP contribution in [0.2, 0.25) is 0 Å². The Bertz CT molecular complexity index is 538. The smallest absolute Gasteiger partial charge is 0.147 e. The normalized spacial score (nSPS) is 9.94. The average Bonchev–Trinajstić information content (AvgIpc) is 2.33. The van der Waals surface area contributed by atoms with Crippen LogP contribution in [0.25, 0.3) is 0 Å². The molecule has 0 spiro atoms. The molecule has 0 aliphatic rings. The van der Waals surface area contributed by atoms with Gasteiger partial charge in [0, 0.05) is 11.3 Å². The van der Waals surface area contributed by atoms with E-state index in [1.54, 1.807) is 12.1 Å². The third kappa shape index (κ3) is 2.60. The summed E-state index contributed by atoms with van der Waals surface area (Å²) < 4.78 is 13.7. The molecule has 0 amide bonds. The molecule has 0 fully saturated rings. The van der Waals surface area contributed by atoms with Crippen molar-refractivity contribution in [3.8, 4) is 0 Å². The van der Waals surface area contributed by atoms with Gasteiger partial charge in [-0.3, -0.25) is 5.41 Å². The summed E-state index contributed by atoms with van der Waals surface area (Å²) in [6.07, 6.45) is 0. The fourth-order valence-corrected chi connectivity index (χ4v) is 1.46. The van der Waals surface area contributed by atoms with Crippen LogP contribution in [0.3, 0.4) is 0 Å². The van der Waals surface area contributed by atoms with E-state index in [0.717, 1.165) is 5.69 Å². The number of rotatable bonds is 3. The first-order chi connectivity index (χ1) is 8.16. The number of amidine groups is 1. The van der Waals surface area contributed by atoms with Gasteiger partial charge in [0.1, 0.15) is 11.7 Å². The van der Waals surface area contributed by atoms with Gasteiger partial charge in [0.25, 0.3) is 0 Å². The number of hydrogen-bond acceptors (Lipinski definition) is 2. The summed E-state index contributed by atoms with van der Waals surface area (Å²) >= 11 is 0. The highest BCUT2D eigenvalue weighted by Crippen LogP contribution is 2.20. The van der Waals surface area contributed by atoms with Crippen molar-refractivity contribution >= 4 is 17.2 Å². The molecule has 0 radical (unpaired) electrons. The third-order valence-corrected chi connectivity index (χ3v) is 2.33. The van der Waals surface area contributed by atoms with Crippen LogP contribution in [-0.2, 0) is 0 Å². The third-order valence-electron chi connectivity index (χ3n) is 2.33. The van der Waals surface area contributed by atoms with Gasteiger partial charge < -0.3 is 11.1 Å². The highest BCUT2D eigenvalue weighted by Gasteiger charge is 2.05. The topological polar surface area (TPSA) is 61.9 Å². The monoisotopic (exact) mass is 229 g/mol. The van der Waals surface area contributed by atoms with Crippen molar-refractivity contribution < 1.29 is 4.39 Å². The van der Waals surface area contributed by atoms with Gasteiger partial charge in [-0.15, -0.1) is 0 Å². The second-order valence-corrected chi connectivity index (χ2v) is 3.60. The minimum absolute atomic E-state index is 0.143. The Labute approximate surface area is 98.6 Å². The Morgan fingerprint density at radius 3 is 2.41 bits per heavy atom. The van der Waals surface area contributed by atoms with Crippen molar-refractivity contribution in [3.05, 3.63) is 59.9 Å². The van der Waals surface area contributed by atoms with Gasteiger partial charge in [0.2, 0.25) is 0 Å². The Morgan fingerprint density at radius 2 is 1.82 bits per heavy atom. The summed E-state index contributed by atoms with van der Waals surface area (Å²) in [6.45, 7) is 0. The van der Waals surface area contributed by atoms with E-state index in [4.69, 9.17) is 11.1 Å². The minimum atomic E-state index is -0.429. The van der Waals surface area contributed by atoms with E-state index >= 15 is 0 Å². The van der Waals surface area contributed by atoms with Crippen molar-refractivity contribution in [1.82, 2.24) is 0 Å². The zero-order valence-electron chi connectivity index (χ0n) is 9.07. The Morgan fingerprint density at radius 1 is 1.12 bits per heavy atom. The Hall–Kier alpha value is -2.36. The van der Waals surface area contributed by atoms with Crippen molar-refractivity contribution in [3.63, 3.8) is 0 Å². The van der Waals surface area contributed by atoms with E-state index in [1.807, 2.05) is 30.3 Å². The predicted molar refractivity (Wildman–Crippen MR) is 67.1 cm³/mol. The van der Waals surface area contributed by atoms with E-state index in [-0.39, 0.29) is 5.84 Å². The highest BCUT2D eigenvalue weighted by atomic mass is 19.1. The number of anilines is 2. The fourth-order valence-electron chi connectivity index (χ4n) is 1.46. The molecular formula is C13H12FN3. The zero-order valence-corrected chi connectivity index (χ0v) is 9.07.